The van der Waals surface area contributed by atoms with Crippen LogP contribution < -0.4 is 10.2 Å². The van der Waals surface area contributed by atoms with Gasteiger partial charge in [-0.15, -0.1) is 0 Å². The summed E-state index contributed by atoms with van der Waals surface area (Å²) < 4.78 is 0. The second kappa shape index (κ2) is 5.88. The van der Waals surface area contributed by atoms with Gasteiger partial charge in [-0.05, 0) is 36.6 Å². The van der Waals surface area contributed by atoms with Crippen molar-refractivity contribution in [2.45, 2.75) is 33.2 Å². The third-order valence-corrected chi connectivity index (χ3v) is 4.35. The summed E-state index contributed by atoms with van der Waals surface area (Å²) in [6.07, 6.45) is 0.548. The molecule has 0 bridgehead atoms. The highest BCUT2D eigenvalue weighted by atomic mass is 16.2. The number of carbonyl (C=O) groups excluding carboxylic acids is 2. The topological polar surface area (TPSA) is 49.4 Å². The second-order valence-electron chi connectivity index (χ2n) is 5.99. The molecule has 0 saturated carbocycles. The lowest BCUT2D eigenvalue weighted by Crippen LogP contribution is -2.44. The Balaban J connectivity index is 1.90. The van der Waals surface area contributed by atoms with Crippen LogP contribution in [0.2, 0.25) is 0 Å². The number of rotatable bonds is 2. The molecule has 4 nitrogen and oxygen atoms in total. The highest BCUT2D eigenvalue weighted by molar-refractivity contribution is 6.07. The molecule has 0 unspecified atom stereocenters. The number of hydrogen-bond acceptors (Lipinski definition) is 2. The van der Waals surface area contributed by atoms with Crippen molar-refractivity contribution in [3.05, 3.63) is 59.2 Å². The molecule has 1 aliphatic heterocycles. The zero-order chi connectivity index (χ0) is 16.6. The van der Waals surface area contributed by atoms with Crippen molar-refractivity contribution in [1.29, 1.82) is 0 Å². The van der Waals surface area contributed by atoms with Crippen molar-refractivity contribution >= 4 is 23.2 Å². The Labute approximate surface area is 136 Å². The number of fused-ring (bicyclic) bond motifs is 1. The number of benzene rings is 2. The molecule has 0 aromatic heterocycles. The average Bonchev–Trinajstić information content (AvgIpc) is 2.90. The van der Waals surface area contributed by atoms with Crippen LogP contribution in [0.25, 0.3) is 0 Å². The predicted molar refractivity (Wildman–Crippen MR) is 91.6 cm³/mol. The summed E-state index contributed by atoms with van der Waals surface area (Å²) in [7, 11) is 0. The summed E-state index contributed by atoms with van der Waals surface area (Å²) in [6.45, 7) is 5.44. The molecule has 3 rings (SSSR count). The van der Waals surface area contributed by atoms with Crippen LogP contribution in [0.4, 0.5) is 11.4 Å². The van der Waals surface area contributed by atoms with Gasteiger partial charge in [0.15, 0.2) is 0 Å². The molecule has 1 N–H and O–H groups in total. The number of amides is 2. The second-order valence-corrected chi connectivity index (χ2v) is 5.99. The van der Waals surface area contributed by atoms with E-state index < -0.39 is 6.04 Å². The minimum Gasteiger partial charge on any atom is -0.324 e. The molecule has 1 heterocycles. The van der Waals surface area contributed by atoms with Crippen LogP contribution in [-0.2, 0) is 16.0 Å². The summed E-state index contributed by atoms with van der Waals surface area (Å²) in [4.78, 5) is 26.4. The summed E-state index contributed by atoms with van der Waals surface area (Å²) in [6, 6.07) is 13.1. The fourth-order valence-corrected chi connectivity index (χ4v) is 3.20. The predicted octanol–water partition coefficient (Wildman–Crippen LogP) is 3.22. The molecule has 118 valence electrons. The lowest BCUT2D eigenvalue weighted by molar-refractivity contribution is -0.122. The number of carbonyl (C=O) groups is 2. The van der Waals surface area contributed by atoms with Crippen molar-refractivity contribution in [2.24, 2.45) is 0 Å². The van der Waals surface area contributed by atoms with E-state index in [0.717, 1.165) is 28.1 Å². The van der Waals surface area contributed by atoms with Gasteiger partial charge >= 0.3 is 0 Å². The molecule has 1 aliphatic rings. The molecule has 1 atom stereocenters. The molecule has 2 amide bonds. The van der Waals surface area contributed by atoms with Gasteiger partial charge in [0.1, 0.15) is 6.04 Å². The van der Waals surface area contributed by atoms with E-state index in [2.05, 4.69) is 5.32 Å². The minimum absolute atomic E-state index is 0.114. The molecular formula is C19H20N2O2. The third kappa shape index (κ3) is 2.72. The van der Waals surface area contributed by atoms with E-state index in [-0.39, 0.29) is 11.8 Å². The maximum absolute atomic E-state index is 12.8. The van der Waals surface area contributed by atoms with Gasteiger partial charge in [-0.2, -0.15) is 0 Å². The SMILES string of the molecule is CC(=O)N1c2ccccc2C[C@@H]1C(=O)Nc1c(C)cccc1C. The fourth-order valence-electron chi connectivity index (χ4n) is 3.20. The van der Waals surface area contributed by atoms with Crippen molar-refractivity contribution in [3.8, 4) is 0 Å². The highest BCUT2D eigenvalue weighted by Gasteiger charge is 2.36. The molecule has 4 heteroatoms. The van der Waals surface area contributed by atoms with Gasteiger partial charge in [0.05, 0.1) is 0 Å². The molecule has 0 saturated heterocycles. The van der Waals surface area contributed by atoms with E-state index in [9.17, 15) is 9.59 Å². The molecule has 0 radical (unpaired) electrons. The van der Waals surface area contributed by atoms with Gasteiger partial charge in [0, 0.05) is 24.7 Å². The van der Waals surface area contributed by atoms with E-state index in [1.165, 1.54) is 6.92 Å². The van der Waals surface area contributed by atoms with E-state index in [1.54, 1.807) is 4.90 Å². The van der Waals surface area contributed by atoms with Gasteiger partial charge in [0.2, 0.25) is 11.8 Å². The number of para-hydroxylation sites is 2. The minimum atomic E-state index is -0.496. The number of anilines is 2. The van der Waals surface area contributed by atoms with E-state index in [0.29, 0.717) is 6.42 Å². The van der Waals surface area contributed by atoms with Crippen LogP contribution >= 0.6 is 0 Å². The molecular weight excluding hydrogens is 288 g/mol. The summed E-state index contributed by atoms with van der Waals surface area (Å²) in [5, 5.41) is 3.01. The third-order valence-electron chi connectivity index (χ3n) is 4.35. The Morgan fingerprint density at radius 1 is 1.04 bits per heavy atom. The lowest BCUT2D eigenvalue weighted by atomic mass is 10.1. The molecule has 0 aliphatic carbocycles. The van der Waals surface area contributed by atoms with Crippen LogP contribution in [0.15, 0.2) is 42.5 Å². The number of nitrogens with one attached hydrogen (secondary N) is 1. The zero-order valence-electron chi connectivity index (χ0n) is 13.6. The average molecular weight is 308 g/mol. The first-order valence-electron chi connectivity index (χ1n) is 7.74. The number of aryl methyl sites for hydroxylation is 2. The molecule has 2 aromatic rings. The Kier molecular flexibility index (Phi) is 3.90. The molecule has 2 aromatic carbocycles. The van der Waals surface area contributed by atoms with Gasteiger partial charge < -0.3 is 5.32 Å². The van der Waals surface area contributed by atoms with E-state index in [4.69, 9.17) is 0 Å². The molecule has 0 spiro atoms. The van der Waals surface area contributed by atoms with E-state index >= 15 is 0 Å². The van der Waals surface area contributed by atoms with E-state index in [1.807, 2.05) is 56.3 Å². The quantitative estimate of drug-likeness (QED) is 0.926. The standard InChI is InChI=1S/C19H20N2O2/c1-12-7-6-8-13(2)18(12)20-19(23)17-11-15-9-4-5-10-16(15)21(17)14(3)22/h4-10,17H,11H2,1-3H3,(H,20,23)/t17-/m1/s1. The van der Waals surface area contributed by atoms with Gasteiger partial charge in [-0.1, -0.05) is 36.4 Å². The van der Waals surface area contributed by atoms with Gasteiger partial charge in [0.25, 0.3) is 0 Å². The zero-order valence-corrected chi connectivity index (χ0v) is 13.6. The highest BCUT2D eigenvalue weighted by Crippen LogP contribution is 2.33. The van der Waals surface area contributed by atoms with Crippen LogP contribution in [0.5, 0.6) is 0 Å². The summed E-state index contributed by atoms with van der Waals surface area (Å²) >= 11 is 0. The largest absolute Gasteiger partial charge is 0.324 e. The normalized spacial score (nSPS) is 16.1. The van der Waals surface area contributed by atoms with Gasteiger partial charge in [-0.25, -0.2) is 0 Å². The number of hydrogen-bond donors (Lipinski definition) is 1. The Morgan fingerprint density at radius 3 is 2.35 bits per heavy atom. The van der Waals surface area contributed by atoms with Crippen molar-refractivity contribution in [1.82, 2.24) is 0 Å². The maximum atomic E-state index is 12.8. The maximum Gasteiger partial charge on any atom is 0.247 e. The first-order valence-corrected chi connectivity index (χ1v) is 7.74. The van der Waals surface area contributed by atoms with Crippen LogP contribution in [0, 0.1) is 13.8 Å². The Bertz CT molecular complexity index is 762. The summed E-state index contributed by atoms with van der Waals surface area (Å²) in [5.41, 5.74) is 4.73. The number of nitrogens with zero attached hydrogens (tertiary/aromatic N) is 1. The molecule has 0 fully saturated rings. The smallest absolute Gasteiger partial charge is 0.247 e. The van der Waals surface area contributed by atoms with Crippen LogP contribution in [0.3, 0.4) is 0 Å². The summed E-state index contributed by atoms with van der Waals surface area (Å²) in [5.74, 6) is -0.259. The lowest BCUT2D eigenvalue weighted by Gasteiger charge is -2.24. The first-order chi connectivity index (χ1) is 11.0. The Morgan fingerprint density at radius 2 is 1.70 bits per heavy atom. The van der Waals surface area contributed by atoms with Crippen molar-refractivity contribution in [3.63, 3.8) is 0 Å². The monoisotopic (exact) mass is 308 g/mol. The van der Waals surface area contributed by atoms with Gasteiger partial charge in [-0.3, -0.25) is 14.5 Å². The van der Waals surface area contributed by atoms with Crippen molar-refractivity contribution in [2.75, 3.05) is 10.2 Å². The Hall–Kier alpha value is -2.62. The van der Waals surface area contributed by atoms with Crippen LogP contribution in [0.1, 0.15) is 23.6 Å². The molecule has 23 heavy (non-hydrogen) atoms. The fraction of sp³-hybridized carbons (Fsp3) is 0.263. The van der Waals surface area contributed by atoms with Crippen molar-refractivity contribution < 1.29 is 9.59 Å². The first kappa shape index (κ1) is 15.3. The van der Waals surface area contributed by atoms with Crippen LogP contribution in [-0.4, -0.2) is 17.9 Å².